The van der Waals surface area contributed by atoms with Crippen molar-refractivity contribution in [2.24, 2.45) is 0 Å². The molecule has 2 N–H and O–H groups in total. The fourth-order valence-corrected chi connectivity index (χ4v) is 4.88. The highest BCUT2D eigenvalue weighted by Crippen LogP contribution is 2.37. The number of benzene rings is 2. The zero-order valence-corrected chi connectivity index (χ0v) is 29.5. The fourth-order valence-electron chi connectivity index (χ4n) is 4.75. The number of hydrogen-bond acceptors (Lipinski definition) is 10. The molecule has 0 aliphatic heterocycles. The molecular formula is C34H30BClF6N6O6. The Balaban J connectivity index is 0.000000273. The van der Waals surface area contributed by atoms with Crippen molar-refractivity contribution in [3.63, 3.8) is 0 Å². The topological polar surface area (TPSA) is 169 Å². The molecule has 20 heteroatoms. The molecule has 0 bridgehead atoms. The molecule has 12 nitrogen and oxygen atoms in total. The number of aryl methyl sites for hydroxylation is 4. The van der Waals surface area contributed by atoms with E-state index in [1.54, 1.807) is 34.3 Å². The normalized spacial score (nSPS) is 10.6. The number of aromatic nitrogens is 6. The van der Waals surface area contributed by atoms with Crippen LogP contribution in [-0.2, 0) is 44.4 Å². The molecule has 4 aromatic heterocycles. The maximum atomic E-state index is 13.2. The van der Waals surface area contributed by atoms with Crippen molar-refractivity contribution < 1.29 is 55.6 Å². The van der Waals surface area contributed by atoms with Gasteiger partial charge in [-0.3, -0.25) is 0 Å². The number of imidazole rings is 2. The van der Waals surface area contributed by atoms with Gasteiger partial charge in [0.25, 0.3) is 0 Å². The Labute approximate surface area is 308 Å². The van der Waals surface area contributed by atoms with E-state index in [1.807, 2.05) is 26.1 Å². The van der Waals surface area contributed by atoms with Crippen LogP contribution in [-0.4, -0.2) is 58.7 Å². The van der Waals surface area contributed by atoms with Gasteiger partial charge in [-0.25, -0.2) is 19.0 Å². The molecule has 0 amide bonds. The first kappa shape index (κ1) is 44.5. The zero-order valence-electron chi connectivity index (χ0n) is 28.8. The summed E-state index contributed by atoms with van der Waals surface area (Å²) in [4.78, 5) is 41.0. The van der Waals surface area contributed by atoms with Crippen molar-refractivity contribution in [2.45, 2.75) is 52.9 Å². The fraction of sp³-hybridized carbons (Fsp3) is 0.235. The van der Waals surface area contributed by atoms with E-state index in [0.717, 1.165) is 47.2 Å². The second-order valence-corrected chi connectivity index (χ2v) is 11.1. The highest BCUT2D eigenvalue weighted by atomic mass is 35.5. The summed E-state index contributed by atoms with van der Waals surface area (Å²) >= 11 is 5.91. The summed E-state index contributed by atoms with van der Waals surface area (Å²) in [5, 5.41) is 26.4. The van der Waals surface area contributed by atoms with Crippen molar-refractivity contribution in [3.8, 4) is 11.3 Å². The molecule has 0 saturated carbocycles. The molecule has 0 aliphatic carbocycles. The van der Waals surface area contributed by atoms with E-state index in [1.165, 1.54) is 24.3 Å². The van der Waals surface area contributed by atoms with Gasteiger partial charge in [0.15, 0.2) is 16.4 Å². The van der Waals surface area contributed by atoms with Gasteiger partial charge in [0.1, 0.15) is 0 Å². The summed E-state index contributed by atoms with van der Waals surface area (Å²) in [5.74, 6) is 0. The quantitative estimate of drug-likeness (QED) is 0.166. The Kier molecular flexibility index (Phi) is 16.4. The molecule has 6 aromatic rings. The Hall–Kier alpha value is -5.71. The minimum atomic E-state index is -4.56. The molecule has 284 valence electrons. The van der Waals surface area contributed by atoms with E-state index in [0.29, 0.717) is 28.5 Å². The first-order chi connectivity index (χ1) is 25.4. The molecule has 0 atom stereocenters. The summed E-state index contributed by atoms with van der Waals surface area (Å²) in [6, 6.07) is 13.5. The van der Waals surface area contributed by atoms with Gasteiger partial charge in [-0.05, 0) is 61.5 Å². The molecule has 0 unspecified atom stereocenters. The van der Waals surface area contributed by atoms with Gasteiger partial charge in [0, 0.05) is 5.56 Å². The number of carbonyl (C=O) groups excluding carboxylic acids is 4. The van der Waals surface area contributed by atoms with E-state index in [9.17, 15) is 26.3 Å². The van der Waals surface area contributed by atoms with E-state index in [-0.39, 0.29) is 17.9 Å². The average Bonchev–Trinajstić information content (AvgIpc) is 3.71. The first-order valence-corrected chi connectivity index (χ1v) is 15.8. The smallest absolute Gasteiger partial charge is 0.423 e. The monoisotopic (exact) mass is 778 g/mol. The van der Waals surface area contributed by atoms with Crippen LogP contribution in [0.25, 0.3) is 22.6 Å². The van der Waals surface area contributed by atoms with E-state index >= 15 is 0 Å². The molecule has 2 aromatic carbocycles. The van der Waals surface area contributed by atoms with Gasteiger partial charge in [-0.1, -0.05) is 67.9 Å². The predicted octanol–water partition coefficient (Wildman–Crippen LogP) is 5.76. The lowest BCUT2D eigenvalue weighted by atomic mass is 9.77. The van der Waals surface area contributed by atoms with Gasteiger partial charge in [-0.15, -0.1) is 0 Å². The molecular weight excluding hydrogens is 749 g/mol. The van der Waals surface area contributed by atoms with E-state index in [2.05, 4.69) is 27.1 Å². The van der Waals surface area contributed by atoms with E-state index < -0.39 is 36.1 Å². The van der Waals surface area contributed by atoms with Crippen LogP contribution < -0.4 is 5.46 Å². The highest BCUT2D eigenvalue weighted by molar-refractivity contribution is 6.59. The van der Waals surface area contributed by atoms with Crippen LogP contribution in [0.1, 0.15) is 47.5 Å². The number of fused-ring (bicyclic) bond motifs is 2. The van der Waals surface area contributed by atoms with Crippen molar-refractivity contribution in [1.29, 1.82) is 0 Å². The van der Waals surface area contributed by atoms with Crippen LogP contribution in [0.2, 0.25) is 5.15 Å². The first-order valence-electron chi connectivity index (χ1n) is 15.4. The second kappa shape index (κ2) is 19.9. The van der Waals surface area contributed by atoms with Crippen LogP contribution in [0, 0.1) is 13.8 Å². The van der Waals surface area contributed by atoms with Crippen molar-refractivity contribution >= 4 is 47.8 Å². The largest absolute Gasteiger partial charge is 0.489 e. The number of rotatable bonds is 4. The molecule has 0 saturated heterocycles. The zero-order chi connectivity index (χ0) is 40.8. The van der Waals surface area contributed by atoms with Gasteiger partial charge in [-0.2, -0.15) is 55.7 Å². The summed E-state index contributed by atoms with van der Waals surface area (Å²) in [5.41, 5.74) is 3.25. The van der Waals surface area contributed by atoms with Gasteiger partial charge < -0.3 is 10.0 Å². The standard InChI is InChI=1S/C16H14F3N3.C9H10ClN3.C7H6BF3O2.2CO2/c1-3-11-9-20-14-8-10(2)15(21-22(11)14)12-6-4-5-7-13(12)16(17,18)19;1-3-7-5-11-8-4-6(2)9(10)12-13(7)8;9-7(10,11)5-3-1-2-4-6(5)8(12)13;2*2-1-3/h4-9H,3H2,1-2H3;4-5H,3H2,1-2H3;1-4,12-13H;;. The number of hydrogen-bond donors (Lipinski definition) is 2. The third kappa shape index (κ3) is 11.6. The van der Waals surface area contributed by atoms with E-state index in [4.69, 9.17) is 40.8 Å². The molecule has 0 fully saturated rings. The second-order valence-electron chi connectivity index (χ2n) is 10.7. The molecule has 4 heterocycles. The van der Waals surface area contributed by atoms with Crippen LogP contribution >= 0.6 is 11.6 Å². The summed E-state index contributed by atoms with van der Waals surface area (Å²) in [6.07, 6.45) is -3.33. The third-order valence-corrected chi connectivity index (χ3v) is 7.58. The third-order valence-electron chi connectivity index (χ3n) is 7.20. The lowest BCUT2D eigenvalue weighted by Crippen LogP contribution is -2.35. The van der Waals surface area contributed by atoms with Crippen molar-refractivity contribution in [2.75, 3.05) is 0 Å². The Morgan fingerprint density at radius 3 is 1.57 bits per heavy atom. The van der Waals surface area contributed by atoms with Crippen LogP contribution in [0.5, 0.6) is 0 Å². The highest BCUT2D eigenvalue weighted by Gasteiger charge is 2.36. The minimum Gasteiger partial charge on any atom is -0.423 e. The number of halogens is 7. The van der Waals surface area contributed by atoms with Gasteiger partial charge in [0.2, 0.25) is 0 Å². The van der Waals surface area contributed by atoms with Gasteiger partial charge >= 0.3 is 31.8 Å². The van der Waals surface area contributed by atoms with Crippen LogP contribution in [0.4, 0.5) is 26.3 Å². The number of nitrogens with zero attached hydrogens (tertiary/aromatic N) is 6. The summed E-state index contributed by atoms with van der Waals surface area (Å²) in [7, 11) is -2.10. The molecule has 54 heavy (non-hydrogen) atoms. The lowest BCUT2D eigenvalue weighted by molar-refractivity contribution is -0.193. The van der Waals surface area contributed by atoms with Crippen molar-refractivity contribution in [1.82, 2.24) is 29.2 Å². The van der Waals surface area contributed by atoms with Crippen LogP contribution in [0.3, 0.4) is 0 Å². The Bertz CT molecular complexity index is 2220. The molecule has 0 radical (unpaired) electrons. The maximum absolute atomic E-state index is 13.2. The minimum absolute atomic E-state index is 0.0881. The van der Waals surface area contributed by atoms with Crippen molar-refractivity contribution in [3.05, 3.63) is 112 Å². The number of alkyl halides is 6. The summed E-state index contributed by atoms with van der Waals surface area (Å²) < 4.78 is 79.6. The SMILES string of the molecule is CCc1cnc2cc(C)c(-c3ccccc3C(F)(F)F)nn12.CCc1cnc2cc(C)c(Cl)nn12.O=C=O.O=C=O.OB(O)c1ccccc1C(F)(F)F. The Morgan fingerprint density at radius 2 is 1.13 bits per heavy atom. The van der Waals surface area contributed by atoms with Gasteiger partial charge in [0.05, 0.1) is 40.6 Å². The lowest BCUT2D eigenvalue weighted by Gasteiger charge is -2.14. The molecule has 6 rings (SSSR count). The summed E-state index contributed by atoms with van der Waals surface area (Å²) in [6.45, 7) is 7.69. The molecule has 0 spiro atoms. The predicted molar refractivity (Wildman–Crippen MR) is 181 cm³/mol. The maximum Gasteiger partial charge on any atom is 0.489 e. The molecule has 0 aliphatic rings. The van der Waals surface area contributed by atoms with Crippen LogP contribution in [0.15, 0.2) is 73.1 Å². The Morgan fingerprint density at radius 1 is 0.704 bits per heavy atom. The average molecular weight is 779 g/mol.